The van der Waals surface area contributed by atoms with Gasteiger partial charge in [0.05, 0.1) is 0 Å². The minimum Gasteiger partial charge on any atom is -0.331 e. The van der Waals surface area contributed by atoms with Crippen LogP contribution in [0.25, 0.3) is 0 Å². The van der Waals surface area contributed by atoms with Crippen molar-refractivity contribution >= 4 is 28.7 Å². The van der Waals surface area contributed by atoms with E-state index in [1.165, 1.54) is 25.0 Å². The zero-order valence-corrected chi connectivity index (χ0v) is 11.5. The van der Waals surface area contributed by atoms with E-state index < -0.39 is 0 Å². The van der Waals surface area contributed by atoms with Crippen LogP contribution < -0.4 is 10.7 Å². The van der Waals surface area contributed by atoms with E-state index in [1.54, 1.807) is 0 Å². The molecule has 0 bridgehead atoms. The Hall–Kier alpha value is -1.42. The maximum absolute atomic E-state index is 5.22. The van der Waals surface area contributed by atoms with Gasteiger partial charge in [-0.15, -0.1) is 0 Å². The van der Waals surface area contributed by atoms with Gasteiger partial charge in [0.1, 0.15) is 0 Å². The molecular formula is C14H19N3S. The van der Waals surface area contributed by atoms with Gasteiger partial charge in [-0.2, -0.15) is 5.10 Å². The summed E-state index contributed by atoms with van der Waals surface area (Å²) in [5, 5.41) is 8.10. The van der Waals surface area contributed by atoms with E-state index in [0.29, 0.717) is 11.0 Å². The zero-order valence-electron chi connectivity index (χ0n) is 10.6. The largest absolute Gasteiger partial charge is 0.331 e. The first kappa shape index (κ1) is 13.0. The van der Waals surface area contributed by atoms with Crippen LogP contribution in [0.15, 0.2) is 35.4 Å². The molecule has 1 saturated carbocycles. The average Bonchev–Trinajstić information content (AvgIpc) is 2.85. The van der Waals surface area contributed by atoms with Gasteiger partial charge < -0.3 is 5.32 Å². The van der Waals surface area contributed by atoms with Gasteiger partial charge >= 0.3 is 0 Å². The molecule has 0 amide bonds. The molecule has 1 aromatic rings. The van der Waals surface area contributed by atoms with Gasteiger partial charge in [-0.25, -0.2) is 0 Å². The third-order valence-electron chi connectivity index (χ3n) is 3.28. The topological polar surface area (TPSA) is 36.4 Å². The molecule has 3 nitrogen and oxygen atoms in total. The lowest BCUT2D eigenvalue weighted by Gasteiger charge is -2.10. The van der Waals surface area contributed by atoms with E-state index in [0.717, 1.165) is 12.1 Å². The minimum atomic E-state index is 0.551. The fourth-order valence-corrected chi connectivity index (χ4v) is 2.45. The number of hydrogen-bond acceptors (Lipinski definition) is 2. The van der Waals surface area contributed by atoms with E-state index in [2.05, 4.69) is 22.8 Å². The molecule has 0 heterocycles. The van der Waals surface area contributed by atoms with Gasteiger partial charge in [0.2, 0.25) is 0 Å². The van der Waals surface area contributed by atoms with Crippen molar-refractivity contribution in [2.75, 3.05) is 5.32 Å². The van der Waals surface area contributed by atoms with E-state index in [9.17, 15) is 0 Å². The lowest BCUT2D eigenvalue weighted by atomic mass is 10.0. The van der Waals surface area contributed by atoms with Crippen molar-refractivity contribution in [2.45, 2.75) is 32.6 Å². The number of hydrogen-bond donors (Lipinski definition) is 2. The number of hydrazone groups is 1. The predicted octanol–water partition coefficient (Wildman–Crippen LogP) is 3.54. The predicted molar refractivity (Wildman–Crippen MR) is 80.9 cm³/mol. The molecule has 0 radical (unpaired) electrons. The Balaban J connectivity index is 1.87. The van der Waals surface area contributed by atoms with Gasteiger partial charge in [0, 0.05) is 11.4 Å². The summed E-state index contributed by atoms with van der Waals surface area (Å²) in [6.45, 7) is 2.21. The van der Waals surface area contributed by atoms with Crippen LogP contribution in [0.3, 0.4) is 0 Å². The molecule has 1 unspecified atom stereocenters. The SMILES string of the molecule is CCC1CCC/C1=N\NC(=S)Nc1ccccc1. The molecule has 1 atom stereocenters. The summed E-state index contributed by atoms with van der Waals surface area (Å²) in [5.41, 5.74) is 5.18. The van der Waals surface area contributed by atoms with Crippen LogP contribution in [0.2, 0.25) is 0 Å². The number of nitrogens with one attached hydrogen (secondary N) is 2. The molecule has 0 aliphatic heterocycles. The highest BCUT2D eigenvalue weighted by atomic mass is 32.1. The van der Waals surface area contributed by atoms with Crippen LogP contribution in [0, 0.1) is 5.92 Å². The summed E-state index contributed by atoms with van der Waals surface area (Å²) >= 11 is 5.22. The van der Waals surface area contributed by atoms with E-state index >= 15 is 0 Å². The Morgan fingerprint density at radius 1 is 1.39 bits per heavy atom. The molecule has 1 aromatic carbocycles. The quantitative estimate of drug-likeness (QED) is 0.645. The number of thiocarbonyl (C=S) groups is 1. The zero-order chi connectivity index (χ0) is 12.8. The summed E-state index contributed by atoms with van der Waals surface area (Å²) in [6.07, 6.45) is 4.77. The number of para-hydroxylation sites is 1. The number of benzene rings is 1. The highest BCUT2D eigenvalue weighted by Gasteiger charge is 2.20. The van der Waals surface area contributed by atoms with Crippen molar-refractivity contribution < 1.29 is 0 Å². The fourth-order valence-electron chi connectivity index (χ4n) is 2.29. The van der Waals surface area contributed by atoms with Gasteiger partial charge in [-0.1, -0.05) is 25.1 Å². The van der Waals surface area contributed by atoms with Gasteiger partial charge in [0.15, 0.2) is 5.11 Å². The average molecular weight is 261 g/mol. The van der Waals surface area contributed by atoms with Gasteiger partial charge in [-0.05, 0) is 56.0 Å². The van der Waals surface area contributed by atoms with Crippen LogP contribution in [-0.4, -0.2) is 10.8 Å². The van der Waals surface area contributed by atoms with Crippen molar-refractivity contribution in [3.63, 3.8) is 0 Å². The number of anilines is 1. The van der Waals surface area contributed by atoms with Crippen molar-refractivity contribution in [3.05, 3.63) is 30.3 Å². The second kappa shape index (κ2) is 6.50. The maximum atomic E-state index is 5.22. The van der Waals surface area contributed by atoms with E-state index in [4.69, 9.17) is 12.2 Å². The lowest BCUT2D eigenvalue weighted by Crippen LogP contribution is -2.25. The van der Waals surface area contributed by atoms with Crippen molar-refractivity contribution in [2.24, 2.45) is 11.0 Å². The Labute approximate surface area is 114 Å². The Morgan fingerprint density at radius 2 is 2.17 bits per heavy atom. The van der Waals surface area contributed by atoms with Crippen LogP contribution in [-0.2, 0) is 0 Å². The molecular weight excluding hydrogens is 242 g/mol. The van der Waals surface area contributed by atoms with E-state index in [-0.39, 0.29) is 0 Å². The monoisotopic (exact) mass is 261 g/mol. The third-order valence-corrected chi connectivity index (χ3v) is 3.48. The van der Waals surface area contributed by atoms with Crippen LogP contribution >= 0.6 is 12.2 Å². The van der Waals surface area contributed by atoms with Crippen LogP contribution in [0.1, 0.15) is 32.6 Å². The highest BCUT2D eigenvalue weighted by Crippen LogP contribution is 2.24. The smallest absolute Gasteiger partial charge is 0.191 e. The van der Waals surface area contributed by atoms with Crippen molar-refractivity contribution in [1.29, 1.82) is 0 Å². The Morgan fingerprint density at radius 3 is 2.89 bits per heavy atom. The Kier molecular flexibility index (Phi) is 4.70. The summed E-state index contributed by atoms with van der Waals surface area (Å²) in [5.74, 6) is 0.636. The normalized spacial score (nSPS) is 20.9. The highest BCUT2D eigenvalue weighted by molar-refractivity contribution is 7.80. The molecule has 0 saturated heterocycles. The summed E-state index contributed by atoms with van der Waals surface area (Å²) in [7, 11) is 0. The standard InChI is InChI=1S/C14H19N3S/c1-2-11-7-6-10-13(11)16-17-14(18)15-12-8-4-3-5-9-12/h3-5,8-9,11H,2,6-7,10H2,1H3,(H2,15,17,18)/b16-13+. The summed E-state index contributed by atoms with van der Waals surface area (Å²) in [6, 6.07) is 9.88. The number of rotatable bonds is 3. The molecule has 96 valence electrons. The van der Waals surface area contributed by atoms with Crippen molar-refractivity contribution in [1.82, 2.24) is 5.43 Å². The minimum absolute atomic E-state index is 0.551. The molecule has 2 rings (SSSR count). The second-order valence-electron chi connectivity index (χ2n) is 4.53. The molecule has 0 aromatic heterocycles. The molecule has 1 fully saturated rings. The first-order valence-corrected chi connectivity index (χ1v) is 6.89. The molecule has 18 heavy (non-hydrogen) atoms. The molecule has 0 spiro atoms. The molecule has 1 aliphatic carbocycles. The van der Waals surface area contributed by atoms with Crippen LogP contribution in [0.4, 0.5) is 5.69 Å². The summed E-state index contributed by atoms with van der Waals surface area (Å²) < 4.78 is 0. The first-order chi connectivity index (χ1) is 8.79. The van der Waals surface area contributed by atoms with Gasteiger partial charge in [0.25, 0.3) is 0 Å². The maximum Gasteiger partial charge on any atom is 0.191 e. The van der Waals surface area contributed by atoms with Crippen molar-refractivity contribution in [3.8, 4) is 0 Å². The fraction of sp³-hybridized carbons (Fsp3) is 0.429. The lowest BCUT2D eigenvalue weighted by molar-refractivity contribution is 0.641. The summed E-state index contributed by atoms with van der Waals surface area (Å²) in [4.78, 5) is 0. The first-order valence-electron chi connectivity index (χ1n) is 6.48. The molecule has 2 N–H and O–H groups in total. The Bertz CT molecular complexity index is 428. The van der Waals surface area contributed by atoms with Gasteiger partial charge in [-0.3, -0.25) is 5.43 Å². The molecule has 4 heteroatoms. The molecule has 1 aliphatic rings. The van der Waals surface area contributed by atoms with E-state index in [1.807, 2.05) is 30.3 Å². The van der Waals surface area contributed by atoms with Crippen LogP contribution in [0.5, 0.6) is 0 Å². The number of nitrogens with zero attached hydrogens (tertiary/aromatic N) is 1. The third kappa shape index (κ3) is 3.53. The second-order valence-corrected chi connectivity index (χ2v) is 4.94.